The zero-order valence-corrected chi connectivity index (χ0v) is 17.0. The van der Waals surface area contributed by atoms with Crippen molar-refractivity contribution < 1.29 is 9.53 Å². The fourth-order valence-corrected chi connectivity index (χ4v) is 3.26. The number of carbonyl (C=O) groups excluding carboxylic acids is 1. The molecule has 0 aliphatic carbocycles. The Labute approximate surface area is 177 Å². The molecule has 8 heteroatoms. The first-order valence-corrected chi connectivity index (χ1v) is 9.73. The predicted octanol–water partition coefficient (Wildman–Crippen LogP) is 3.46. The molecule has 0 saturated carbocycles. The van der Waals surface area contributed by atoms with Crippen molar-refractivity contribution in [3.63, 3.8) is 0 Å². The summed E-state index contributed by atoms with van der Waals surface area (Å²) >= 11 is 0. The van der Waals surface area contributed by atoms with E-state index in [0.717, 1.165) is 10.1 Å². The van der Waals surface area contributed by atoms with Crippen LogP contribution in [-0.2, 0) is 6.54 Å². The van der Waals surface area contributed by atoms with Crippen molar-refractivity contribution in [3.8, 4) is 11.5 Å². The first-order chi connectivity index (χ1) is 15.0. The van der Waals surface area contributed by atoms with Gasteiger partial charge in [-0.05, 0) is 67.9 Å². The van der Waals surface area contributed by atoms with Crippen LogP contribution in [0, 0.1) is 6.92 Å². The van der Waals surface area contributed by atoms with E-state index in [1.165, 1.54) is 6.07 Å². The third-order valence-corrected chi connectivity index (χ3v) is 4.86. The number of nitrogens with zero attached hydrogens (tertiary/aromatic N) is 2. The number of benzene rings is 2. The van der Waals surface area contributed by atoms with Crippen molar-refractivity contribution in [1.29, 1.82) is 0 Å². The van der Waals surface area contributed by atoms with E-state index in [2.05, 4.69) is 15.3 Å². The van der Waals surface area contributed by atoms with Crippen LogP contribution in [-0.4, -0.2) is 20.4 Å². The minimum Gasteiger partial charge on any atom is -0.455 e. The molecule has 31 heavy (non-hydrogen) atoms. The number of fused-ring (bicyclic) bond motifs is 1. The van der Waals surface area contributed by atoms with Gasteiger partial charge >= 0.3 is 5.69 Å². The van der Waals surface area contributed by atoms with Crippen molar-refractivity contribution in [2.24, 2.45) is 0 Å². The van der Waals surface area contributed by atoms with E-state index < -0.39 is 5.69 Å². The minimum absolute atomic E-state index is 0.270. The second kappa shape index (κ2) is 8.27. The molecular formula is C23H20N4O4. The summed E-state index contributed by atoms with van der Waals surface area (Å²) in [6.45, 7) is 3.87. The van der Waals surface area contributed by atoms with Crippen LogP contribution in [0.2, 0.25) is 0 Å². The van der Waals surface area contributed by atoms with Crippen molar-refractivity contribution in [2.45, 2.75) is 20.4 Å². The van der Waals surface area contributed by atoms with Crippen molar-refractivity contribution in [2.75, 3.05) is 5.32 Å². The van der Waals surface area contributed by atoms with Gasteiger partial charge in [-0.15, -0.1) is 0 Å². The number of aromatic nitrogens is 3. The number of hydrogen-bond donors (Lipinski definition) is 2. The highest BCUT2D eigenvalue weighted by molar-refractivity contribution is 6.06. The molecule has 2 heterocycles. The monoisotopic (exact) mass is 416 g/mol. The Kier molecular flexibility index (Phi) is 5.36. The molecular weight excluding hydrogens is 396 g/mol. The highest BCUT2D eigenvalue weighted by Gasteiger charge is 2.12. The van der Waals surface area contributed by atoms with Crippen LogP contribution >= 0.6 is 0 Å². The standard InChI is InChI=1S/C23H20N4O4/c1-3-27-22(29)18-8-6-15(12-19(18)26-23(27)30)21(28)25-16-7-9-20(14(2)11-16)31-17-5-4-10-24-13-17/h4-13H,3H2,1-2H3,(H,25,28)(H,26,30). The van der Waals surface area contributed by atoms with Crippen LogP contribution in [0.5, 0.6) is 11.5 Å². The number of pyridine rings is 1. The van der Waals surface area contributed by atoms with Crippen LogP contribution in [0.1, 0.15) is 22.8 Å². The average Bonchev–Trinajstić information content (AvgIpc) is 2.76. The summed E-state index contributed by atoms with van der Waals surface area (Å²) in [5, 5.41) is 3.18. The molecule has 0 atom stereocenters. The maximum absolute atomic E-state index is 12.7. The smallest absolute Gasteiger partial charge is 0.328 e. The number of rotatable bonds is 5. The Bertz CT molecular complexity index is 1390. The summed E-state index contributed by atoms with van der Waals surface area (Å²) < 4.78 is 6.91. The molecule has 0 radical (unpaired) electrons. The van der Waals surface area contributed by atoms with E-state index in [9.17, 15) is 14.4 Å². The van der Waals surface area contributed by atoms with Crippen molar-refractivity contribution in [1.82, 2.24) is 14.5 Å². The summed E-state index contributed by atoms with van der Waals surface area (Å²) in [6, 6.07) is 13.5. The first kappa shape index (κ1) is 20.1. The van der Waals surface area contributed by atoms with Gasteiger partial charge in [0.1, 0.15) is 11.5 Å². The number of nitrogens with one attached hydrogen (secondary N) is 2. The van der Waals surface area contributed by atoms with Crippen LogP contribution in [0.3, 0.4) is 0 Å². The number of anilines is 1. The van der Waals surface area contributed by atoms with Gasteiger partial charge in [0.2, 0.25) is 0 Å². The van der Waals surface area contributed by atoms with Gasteiger partial charge in [-0.3, -0.25) is 19.1 Å². The van der Waals surface area contributed by atoms with Gasteiger partial charge in [0.05, 0.1) is 17.1 Å². The molecule has 2 aromatic heterocycles. The number of carbonyl (C=O) groups is 1. The fourth-order valence-electron chi connectivity index (χ4n) is 3.26. The lowest BCUT2D eigenvalue weighted by Crippen LogP contribution is -2.34. The maximum atomic E-state index is 12.7. The predicted molar refractivity (Wildman–Crippen MR) is 118 cm³/mol. The number of hydrogen-bond acceptors (Lipinski definition) is 5. The van der Waals surface area contributed by atoms with E-state index in [4.69, 9.17) is 4.74 Å². The maximum Gasteiger partial charge on any atom is 0.328 e. The summed E-state index contributed by atoms with van der Waals surface area (Å²) in [7, 11) is 0. The lowest BCUT2D eigenvalue weighted by Gasteiger charge is -2.11. The number of aromatic amines is 1. The van der Waals surface area contributed by atoms with Crippen molar-refractivity contribution in [3.05, 3.63) is 92.9 Å². The van der Waals surface area contributed by atoms with Gasteiger partial charge in [-0.25, -0.2) is 4.79 Å². The first-order valence-electron chi connectivity index (χ1n) is 9.73. The Hall–Kier alpha value is -4.20. The zero-order chi connectivity index (χ0) is 22.0. The number of amides is 1. The molecule has 4 aromatic rings. The average molecular weight is 416 g/mol. The molecule has 0 bridgehead atoms. The Morgan fingerprint density at radius 1 is 1.16 bits per heavy atom. The fraction of sp³-hybridized carbons (Fsp3) is 0.130. The highest BCUT2D eigenvalue weighted by atomic mass is 16.5. The van der Waals surface area contributed by atoms with Gasteiger partial charge in [0.25, 0.3) is 11.5 Å². The molecule has 0 aliphatic heterocycles. The molecule has 2 N–H and O–H groups in total. The van der Waals surface area contributed by atoms with Gasteiger partial charge in [-0.1, -0.05) is 0 Å². The van der Waals surface area contributed by atoms with E-state index in [0.29, 0.717) is 33.7 Å². The molecule has 0 fully saturated rings. The van der Waals surface area contributed by atoms with Gasteiger partial charge in [0.15, 0.2) is 0 Å². The Balaban J connectivity index is 1.56. The van der Waals surface area contributed by atoms with E-state index in [1.54, 1.807) is 55.7 Å². The number of ether oxygens (including phenoxy) is 1. The van der Waals surface area contributed by atoms with Gasteiger partial charge in [0, 0.05) is 24.0 Å². The quantitative estimate of drug-likeness (QED) is 0.518. The lowest BCUT2D eigenvalue weighted by molar-refractivity contribution is 0.102. The Morgan fingerprint density at radius 3 is 2.71 bits per heavy atom. The third kappa shape index (κ3) is 4.09. The van der Waals surface area contributed by atoms with E-state index in [1.807, 2.05) is 13.0 Å². The zero-order valence-electron chi connectivity index (χ0n) is 17.0. The number of H-pyrrole nitrogens is 1. The molecule has 0 aliphatic rings. The Morgan fingerprint density at radius 2 is 2.00 bits per heavy atom. The summed E-state index contributed by atoms with van der Waals surface area (Å²) in [5.41, 5.74) is 1.19. The molecule has 0 unspecified atom stereocenters. The third-order valence-electron chi connectivity index (χ3n) is 4.86. The minimum atomic E-state index is -0.502. The lowest BCUT2D eigenvalue weighted by atomic mass is 10.1. The highest BCUT2D eigenvalue weighted by Crippen LogP contribution is 2.27. The largest absolute Gasteiger partial charge is 0.455 e. The SMILES string of the molecule is CCn1c(=O)[nH]c2cc(C(=O)Nc3ccc(Oc4cccnc4)c(C)c3)ccc2c1=O. The van der Waals surface area contributed by atoms with Gasteiger partial charge in [-0.2, -0.15) is 0 Å². The van der Waals surface area contributed by atoms with E-state index in [-0.39, 0.29) is 18.0 Å². The van der Waals surface area contributed by atoms with Crippen LogP contribution in [0.4, 0.5) is 5.69 Å². The van der Waals surface area contributed by atoms with Crippen LogP contribution in [0.15, 0.2) is 70.5 Å². The normalized spacial score (nSPS) is 10.8. The second-order valence-electron chi connectivity index (χ2n) is 6.97. The summed E-state index contributed by atoms with van der Waals surface area (Å²) in [6.07, 6.45) is 3.29. The van der Waals surface area contributed by atoms with Gasteiger partial charge < -0.3 is 15.0 Å². The van der Waals surface area contributed by atoms with Crippen LogP contribution < -0.4 is 21.3 Å². The molecule has 2 aromatic carbocycles. The van der Waals surface area contributed by atoms with E-state index >= 15 is 0 Å². The molecule has 1 amide bonds. The topological polar surface area (TPSA) is 106 Å². The summed E-state index contributed by atoms with van der Waals surface area (Å²) in [4.78, 5) is 43.8. The molecule has 156 valence electrons. The molecule has 8 nitrogen and oxygen atoms in total. The summed E-state index contributed by atoms with van der Waals surface area (Å²) in [5.74, 6) is 0.916. The molecule has 0 spiro atoms. The van der Waals surface area contributed by atoms with Crippen molar-refractivity contribution >= 4 is 22.5 Å². The number of aryl methyl sites for hydroxylation is 1. The van der Waals surface area contributed by atoms with Crippen LogP contribution in [0.25, 0.3) is 10.9 Å². The second-order valence-corrected chi connectivity index (χ2v) is 6.97. The molecule has 0 saturated heterocycles. The molecule has 4 rings (SSSR count).